The first-order chi connectivity index (χ1) is 7.29. The summed E-state index contributed by atoms with van der Waals surface area (Å²) in [7, 11) is 0. The molecule has 0 saturated carbocycles. The molecule has 82 valence electrons. The minimum absolute atomic E-state index is 0.290. The maximum atomic E-state index is 10.2. The molecule has 0 aliphatic heterocycles. The minimum atomic E-state index is -0.696. The Hall–Kier alpha value is -0.960. The predicted molar refractivity (Wildman–Crippen MR) is 64.3 cm³/mol. The lowest BCUT2D eigenvalue weighted by atomic mass is 10.2. The SMILES string of the molecule is O=C(O)CCCSCCc1ccccc1. The van der Waals surface area contributed by atoms with Crippen molar-refractivity contribution in [3.8, 4) is 0 Å². The molecule has 1 aromatic carbocycles. The van der Waals surface area contributed by atoms with E-state index >= 15 is 0 Å². The van der Waals surface area contributed by atoms with Gasteiger partial charge in [-0.05, 0) is 29.9 Å². The Morgan fingerprint density at radius 2 is 1.93 bits per heavy atom. The summed E-state index contributed by atoms with van der Waals surface area (Å²) in [5.74, 6) is 1.32. The van der Waals surface area contributed by atoms with Gasteiger partial charge in [0.25, 0.3) is 0 Å². The van der Waals surface area contributed by atoms with Gasteiger partial charge in [0.1, 0.15) is 0 Å². The van der Waals surface area contributed by atoms with Gasteiger partial charge in [0.2, 0.25) is 0 Å². The van der Waals surface area contributed by atoms with Crippen LogP contribution in [0.5, 0.6) is 0 Å². The fourth-order valence-corrected chi connectivity index (χ4v) is 2.19. The molecular formula is C12H16O2S. The zero-order chi connectivity index (χ0) is 10.9. The predicted octanol–water partition coefficient (Wildman–Crippen LogP) is 2.83. The van der Waals surface area contributed by atoms with E-state index in [1.165, 1.54) is 5.56 Å². The second-order valence-corrected chi connectivity index (χ2v) is 4.57. The molecule has 0 aliphatic rings. The third-order valence-corrected chi connectivity index (χ3v) is 3.13. The number of aryl methyl sites for hydroxylation is 1. The smallest absolute Gasteiger partial charge is 0.303 e. The van der Waals surface area contributed by atoms with Crippen molar-refractivity contribution >= 4 is 17.7 Å². The molecule has 0 radical (unpaired) electrons. The topological polar surface area (TPSA) is 37.3 Å². The molecule has 15 heavy (non-hydrogen) atoms. The van der Waals surface area contributed by atoms with Crippen LogP contribution in [-0.2, 0) is 11.2 Å². The van der Waals surface area contributed by atoms with Gasteiger partial charge in [0.15, 0.2) is 0 Å². The molecule has 1 aromatic rings. The van der Waals surface area contributed by atoms with Crippen LogP contribution in [0.1, 0.15) is 18.4 Å². The Balaban J connectivity index is 2.00. The van der Waals surface area contributed by atoms with Gasteiger partial charge in [-0.1, -0.05) is 30.3 Å². The summed E-state index contributed by atoms with van der Waals surface area (Å²) in [6, 6.07) is 10.4. The molecular weight excluding hydrogens is 208 g/mol. The van der Waals surface area contributed by atoms with E-state index in [0.717, 1.165) is 24.3 Å². The third-order valence-electron chi connectivity index (χ3n) is 2.06. The van der Waals surface area contributed by atoms with Gasteiger partial charge < -0.3 is 5.11 Å². The standard InChI is InChI=1S/C12H16O2S/c13-12(14)7-4-9-15-10-8-11-5-2-1-3-6-11/h1-3,5-6H,4,7-10H2,(H,13,14). The molecule has 1 N–H and O–H groups in total. The molecule has 0 aromatic heterocycles. The van der Waals surface area contributed by atoms with Crippen molar-refractivity contribution in [1.82, 2.24) is 0 Å². The Morgan fingerprint density at radius 3 is 2.60 bits per heavy atom. The van der Waals surface area contributed by atoms with Crippen molar-refractivity contribution in [2.75, 3.05) is 11.5 Å². The van der Waals surface area contributed by atoms with Gasteiger partial charge in [-0.2, -0.15) is 11.8 Å². The van der Waals surface area contributed by atoms with Gasteiger partial charge in [0.05, 0.1) is 0 Å². The normalized spacial score (nSPS) is 10.1. The van der Waals surface area contributed by atoms with Gasteiger partial charge in [-0.3, -0.25) is 4.79 Å². The summed E-state index contributed by atoms with van der Waals surface area (Å²) in [5.41, 5.74) is 1.35. The number of benzene rings is 1. The lowest BCUT2D eigenvalue weighted by Gasteiger charge is -2.00. The van der Waals surface area contributed by atoms with Crippen LogP contribution in [0, 0.1) is 0 Å². The zero-order valence-corrected chi connectivity index (χ0v) is 9.50. The van der Waals surface area contributed by atoms with E-state index in [2.05, 4.69) is 12.1 Å². The molecule has 0 bridgehead atoms. The molecule has 0 amide bonds. The second kappa shape index (κ2) is 7.35. The fourth-order valence-electron chi connectivity index (χ4n) is 1.26. The summed E-state index contributed by atoms with van der Waals surface area (Å²) in [4.78, 5) is 10.2. The van der Waals surface area contributed by atoms with Crippen molar-refractivity contribution in [2.45, 2.75) is 19.3 Å². The average Bonchev–Trinajstić information content (AvgIpc) is 2.24. The van der Waals surface area contributed by atoms with Crippen molar-refractivity contribution in [3.63, 3.8) is 0 Å². The third kappa shape index (κ3) is 6.18. The number of carboxylic acids is 1. The molecule has 3 heteroatoms. The molecule has 0 heterocycles. The maximum absolute atomic E-state index is 10.2. The Morgan fingerprint density at radius 1 is 1.20 bits per heavy atom. The average molecular weight is 224 g/mol. The van der Waals surface area contributed by atoms with Crippen molar-refractivity contribution in [3.05, 3.63) is 35.9 Å². The molecule has 0 saturated heterocycles. The number of carbonyl (C=O) groups is 1. The van der Waals surface area contributed by atoms with E-state index in [0.29, 0.717) is 6.42 Å². The molecule has 0 fully saturated rings. The summed E-state index contributed by atoms with van der Waals surface area (Å²) >= 11 is 1.83. The van der Waals surface area contributed by atoms with Crippen molar-refractivity contribution < 1.29 is 9.90 Å². The summed E-state index contributed by atoms with van der Waals surface area (Å²) in [6.45, 7) is 0. The minimum Gasteiger partial charge on any atom is -0.481 e. The lowest BCUT2D eigenvalue weighted by Crippen LogP contribution is -1.96. The van der Waals surface area contributed by atoms with Crippen LogP contribution >= 0.6 is 11.8 Å². The molecule has 0 spiro atoms. The van der Waals surface area contributed by atoms with E-state index in [9.17, 15) is 4.79 Å². The first kappa shape index (κ1) is 12.1. The first-order valence-electron chi connectivity index (χ1n) is 5.12. The molecule has 0 unspecified atom stereocenters. The number of carboxylic acid groups (broad SMARTS) is 1. The number of aliphatic carboxylic acids is 1. The Bertz CT molecular complexity index is 285. The van der Waals surface area contributed by atoms with Crippen molar-refractivity contribution in [1.29, 1.82) is 0 Å². The number of hydrogen-bond donors (Lipinski definition) is 1. The highest BCUT2D eigenvalue weighted by Gasteiger charge is 1.96. The Kier molecular flexibility index (Phi) is 5.93. The van der Waals surface area contributed by atoms with Gasteiger partial charge in [-0.25, -0.2) is 0 Å². The van der Waals surface area contributed by atoms with Crippen LogP contribution in [0.15, 0.2) is 30.3 Å². The van der Waals surface area contributed by atoms with Crippen LogP contribution in [0.25, 0.3) is 0 Å². The van der Waals surface area contributed by atoms with Crippen LogP contribution in [-0.4, -0.2) is 22.6 Å². The van der Waals surface area contributed by atoms with E-state index in [1.807, 2.05) is 30.0 Å². The van der Waals surface area contributed by atoms with E-state index in [-0.39, 0.29) is 0 Å². The Labute approximate surface area is 94.7 Å². The highest BCUT2D eigenvalue weighted by Crippen LogP contribution is 2.08. The maximum Gasteiger partial charge on any atom is 0.303 e. The van der Waals surface area contributed by atoms with E-state index < -0.39 is 5.97 Å². The van der Waals surface area contributed by atoms with Gasteiger partial charge in [0, 0.05) is 6.42 Å². The highest BCUT2D eigenvalue weighted by atomic mass is 32.2. The number of thioether (sulfide) groups is 1. The van der Waals surface area contributed by atoms with Crippen LogP contribution in [0.2, 0.25) is 0 Å². The molecule has 2 nitrogen and oxygen atoms in total. The highest BCUT2D eigenvalue weighted by molar-refractivity contribution is 7.99. The molecule has 1 rings (SSSR count). The van der Waals surface area contributed by atoms with E-state index in [4.69, 9.17) is 5.11 Å². The summed E-state index contributed by atoms with van der Waals surface area (Å²) < 4.78 is 0. The largest absolute Gasteiger partial charge is 0.481 e. The monoisotopic (exact) mass is 224 g/mol. The van der Waals surface area contributed by atoms with E-state index in [1.54, 1.807) is 0 Å². The fraction of sp³-hybridized carbons (Fsp3) is 0.417. The summed E-state index contributed by atoms with van der Waals surface area (Å²) in [6.07, 6.45) is 2.13. The zero-order valence-electron chi connectivity index (χ0n) is 8.69. The van der Waals surface area contributed by atoms with Crippen LogP contribution < -0.4 is 0 Å². The molecule has 0 aliphatic carbocycles. The summed E-state index contributed by atoms with van der Waals surface area (Å²) in [5, 5.41) is 8.44. The lowest BCUT2D eigenvalue weighted by molar-refractivity contribution is -0.137. The second-order valence-electron chi connectivity index (χ2n) is 3.35. The van der Waals surface area contributed by atoms with Crippen LogP contribution in [0.4, 0.5) is 0 Å². The first-order valence-corrected chi connectivity index (χ1v) is 6.28. The number of rotatable bonds is 7. The number of hydrogen-bond acceptors (Lipinski definition) is 2. The van der Waals surface area contributed by atoms with Crippen LogP contribution in [0.3, 0.4) is 0 Å². The quantitative estimate of drug-likeness (QED) is 0.724. The van der Waals surface area contributed by atoms with Gasteiger partial charge >= 0.3 is 5.97 Å². The van der Waals surface area contributed by atoms with Gasteiger partial charge in [-0.15, -0.1) is 0 Å². The molecule has 0 atom stereocenters. The van der Waals surface area contributed by atoms with Crippen molar-refractivity contribution in [2.24, 2.45) is 0 Å².